The molecule has 0 aromatic carbocycles. The number of carbonyl (C=O) groups is 3. The molecule has 0 amide bonds. The maximum Gasteiger partial charge on any atom is 0.306 e. The van der Waals surface area contributed by atoms with Gasteiger partial charge in [-0.15, -0.1) is 0 Å². The maximum absolute atomic E-state index is 12.9. The maximum atomic E-state index is 12.9. The first-order valence-electron chi connectivity index (χ1n) is 33.3. The van der Waals surface area contributed by atoms with E-state index in [0.717, 1.165) is 70.6 Å². The average molecular weight is 1040 g/mol. The van der Waals surface area contributed by atoms with Gasteiger partial charge in [0, 0.05) is 19.3 Å². The Labute approximate surface area is 462 Å². The third-order valence-corrected chi connectivity index (χ3v) is 15.2. The van der Waals surface area contributed by atoms with Crippen molar-refractivity contribution in [1.29, 1.82) is 0 Å². The minimum Gasteiger partial charge on any atom is -0.462 e. The number of hydrogen-bond acceptors (Lipinski definition) is 6. The second-order valence-corrected chi connectivity index (χ2v) is 22.7. The van der Waals surface area contributed by atoms with Gasteiger partial charge in [0.1, 0.15) is 13.2 Å². The molecule has 0 saturated carbocycles. The molecule has 0 spiro atoms. The van der Waals surface area contributed by atoms with Crippen molar-refractivity contribution in [3.63, 3.8) is 0 Å². The van der Waals surface area contributed by atoms with Gasteiger partial charge < -0.3 is 14.2 Å². The molecule has 6 nitrogen and oxygen atoms in total. The van der Waals surface area contributed by atoms with E-state index in [2.05, 4.69) is 45.1 Å². The van der Waals surface area contributed by atoms with Crippen LogP contribution in [0.15, 0.2) is 24.3 Å². The third-order valence-electron chi connectivity index (χ3n) is 15.2. The molecule has 0 bridgehead atoms. The second-order valence-electron chi connectivity index (χ2n) is 22.7. The van der Waals surface area contributed by atoms with Crippen LogP contribution >= 0.6 is 0 Å². The van der Waals surface area contributed by atoms with Gasteiger partial charge >= 0.3 is 17.9 Å². The van der Waals surface area contributed by atoms with E-state index in [0.29, 0.717) is 19.3 Å². The number of ether oxygens (including phenoxy) is 3. The number of unbranched alkanes of at least 4 members (excludes halogenated alkanes) is 47. The number of rotatable bonds is 62. The SMILES string of the molecule is CCCCC/C=C\C/C=C\CCCCCCCCCC(=O)OC(COC(=O)CCCCCCCCCCCCCCCCC)COC(=O)CCCCCCCCCCCCCCCCCCCCCCCCCC. The summed E-state index contributed by atoms with van der Waals surface area (Å²) in [5.41, 5.74) is 0. The largest absolute Gasteiger partial charge is 0.462 e. The summed E-state index contributed by atoms with van der Waals surface area (Å²) < 4.78 is 17.0. The molecule has 0 aliphatic carbocycles. The summed E-state index contributed by atoms with van der Waals surface area (Å²) in [6.45, 7) is 6.69. The fraction of sp³-hybridized carbons (Fsp3) is 0.897. The molecule has 0 saturated heterocycles. The molecular formula is C68H128O6. The van der Waals surface area contributed by atoms with Crippen molar-refractivity contribution in [3.05, 3.63) is 24.3 Å². The van der Waals surface area contributed by atoms with Gasteiger partial charge in [-0.1, -0.05) is 328 Å². The zero-order valence-electron chi connectivity index (χ0n) is 50.1. The zero-order valence-corrected chi connectivity index (χ0v) is 50.1. The third kappa shape index (κ3) is 60.8. The fourth-order valence-electron chi connectivity index (χ4n) is 10.2. The van der Waals surface area contributed by atoms with E-state index in [1.807, 2.05) is 0 Å². The van der Waals surface area contributed by atoms with Crippen LogP contribution in [0.25, 0.3) is 0 Å². The molecule has 0 fully saturated rings. The van der Waals surface area contributed by atoms with Crippen LogP contribution in [0.3, 0.4) is 0 Å². The molecular weight excluding hydrogens is 913 g/mol. The summed E-state index contributed by atoms with van der Waals surface area (Å²) in [5.74, 6) is -0.846. The van der Waals surface area contributed by atoms with E-state index in [9.17, 15) is 14.4 Å². The standard InChI is InChI=1S/C68H128O6/c1-4-7-10-13-16-19-22-25-28-30-31-32-33-34-35-36-38-40-43-46-49-52-55-58-61-67(70)73-64-65(63-72-66(69)60-57-54-51-48-45-42-39-27-24-21-18-15-12-9-6-3)74-68(71)62-59-56-53-50-47-44-41-37-29-26-23-20-17-14-11-8-5-2/h17,20,26,29,65H,4-16,18-19,21-25,27-28,30-64H2,1-3H3/b20-17-,29-26-. The average Bonchev–Trinajstić information content (AvgIpc) is 3.40. The Kier molecular flexibility index (Phi) is 61.6. The van der Waals surface area contributed by atoms with Gasteiger partial charge in [-0.3, -0.25) is 14.4 Å². The Hall–Kier alpha value is -2.11. The smallest absolute Gasteiger partial charge is 0.306 e. The molecule has 0 aromatic rings. The Morgan fingerprint density at radius 2 is 0.486 bits per heavy atom. The first kappa shape index (κ1) is 71.9. The van der Waals surface area contributed by atoms with E-state index in [1.165, 1.54) is 263 Å². The fourth-order valence-corrected chi connectivity index (χ4v) is 10.2. The van der Waals surface area contributed by atoms with E-state index >= 15 is 0 Å². The zero-order chi connectivity index (χ0) is 53.6. The Balaban J connectivity index is 4.25. The Morgan fingerprint density at radius 1 is 0.270 bits per heavy atom. The van der Waals surface area contributed by atoms with Gasteiger partial charge in [0.05, 0.1) is 0 Å². The van der Waals surface area contributed by atoms with Crippen LogP contribution in [0.1, 0.15) is 374 Å². The second kappa shape index (κ2) is 63.4. The summed E-state index contributed by atoms with van der Waals surface area (Å²) in [5, 5.41) is 0. The highest BCUT2D eigenvalue weighted by atomic mass is 16.6. The van der Waals surface area contributed by atoms with Gasteiger partial charge in [0.25, 0.3) is 0 Å². The van der Waals surface area contributed by atoms with Crippen LogP contribution < -0.4 is 0 Å². The van der Waals surface area contributed by atoms with E-state index in [1.54, 1.807) is 0 Å². The van der Waals surface area contributed by atoms with Crippen LogP contribution in [0, 0.1) is 0 Å². The molecule has 0 aliphatic heterocycles. The van der Waals surface area contributed by atoms with Gasteiger partial charge in [0.2, 0.25) is 0 Å². The van der Waals surface area contributed by atoms with Crippen molar-refractivity contribution in [2.45, 2.75) is 380 Å². The van der Waals surface area contributed by atoms with Crippen LogP contribution in [0.2, 0.25) is 0 Å². The molecule has 0 aromatic heterocycles. The topological polar surface area (TPSA) is 78.9 Å². The summed E-state index contributed by atoms with van der Waals surface area (Å²) >= 11 is 0. The minimum atomic E-state index is -0.772. The Morgan fingerprint density at radius 3 is 0.770 bits per heavy atom. The van der Waals surface area contributed by atoms with E-state index < -0.39 is 6.10 Å². The summed E-state index contributed by atoms with van der Waals surface area (Å²) in [4.78, 5) is 38.3. The van der Waals surface area contributed by atoms with Crippen molar-refractivity contribution < 1.29 is 28.6 Å². The molecule has 1 atom stereocenters. The monoisotopic (exact) mass is 1040 g/mol. The summed E-state index contributed by atoms with van der Waals surface area (Å²) in [6, 6.07) is 0. The molecule has 74 heavy (non-hydrogen) atoms. The highest BCUT2D eigenvalue weighted by molar-refractivity contribution is 5.71. The molecule has 1 unspecified atom stereocenters. The van der Waals surface area contributed by atoms with Crippen LogP contribution in [0.5, 0.6) is 0 Å². The highest BCUT2D eigenvalue weighted by Crippen LogP contribution is 2.18. The predicted octanol–water partition coefficient (Wildman–Crippen LogP) is 22.6. The highest BCUT2D eigenvalue weighted by Gasteiger charge is 2.19. The van der Waals surface area contributed by atoms with E-state index in [-0.39, 0.29) is 31.1 Å². The lowest BCUT2D eigenvalue weighted by molar-refractivity contribution is -0.167. The van der Waals surface area contributed by atoms with Gasteiger partial charge in [0.15, 0.2) is 6.10 Å². The summed E-state index contributed by atoms with van der Waals surface area (Å²) in [6.07, 6.45) is 76.2. The normalized spacial score (nSPS) is 12.1. The quantitative estimate of drug-likeness (QED) is 0.0261. The molecule has 0 rings (SSSR count). The molecule has 0 radical (unpaired) electrons. The van der Waals surface area contributed by atoms with Crippen molar-refractivity contribution in [2.75, 3.05) is 13.2 Å². The van der Waals surface area contributed by atoms with Crippen molar-refractivity contribution in [2.24, 2.45) is 0 Å². The molecule has 436 valence electrons. The molecule has 0 N–H and O–H groups in total. The first-order chi connectivity index (χ1) is 36.5. The molecule has 6 heteroatoms. The van der Waals surface area contributed by atoms with Gasteiger partial charge in [-0.25, -0.2) is 0 Å². The lowest BCUT2D eigenvalue weighted by Crippen LogP contribution is -2.30. The lowest BCUT2D eigenvalue weighted by Gasteiger charge is -2.18. The van der Waals surface area contributed by atoms with Crippen molar-refractivity contribution >= 4 is 17.9 Å². The van der Waals surface area contributed by atoms with Gasteiger partial charge in [-0.05, 0) is 51.4 Å². The molecule has 0 aliphatic rings. The number of esters is 3. The first-order valence-corrected chi connectivity index (χ1v) is 33.3. The summed E-state index contributed by atoms with van der Waals surface area (Å²) in [7, 11) is 0. The Bertz CT molecular complexity index is 1190. The van der Waals surface area contributed by atoms with Crippen LogP contribution in [0.4, 0.5) is 0 Å². The van der Waals surface area contributed by atoms with Crippen LogP contribution in [-0.4, -0.2) is 37.2 Å². The number of hydrogen-bond donors (Lipinski definition) is 0. The van der Waals surface area contributed by atoms with Crippen molar-refractivity contribution in [1.82, 2.24) is 0 Å². The minimum absolute atomic E-state index is 0.0683. The molecule has 0 heterocycles. The lowest BCUT2D eigenvalue weighted by atomic mass is 10.0. The van der Waals surface area contributed by atoms with Gasteiger partial charge in [-0.2, -0.15) is 0 Å². The number of carbonyl (C=O) groups excluding carboxylic acids is 3. The van der Waals surface area contributed by atoms with Crippen molar-refractivity contribution in [3.8, 4) is 0 Å². The van der Waals surface area contributed by atoms with Crippen LogP contribution in [-0.2, 0) is 28.6 Å². The van der Waals surface area contributed by atoms with E-state index in [4.69, 9.17) is 14.2 Å². The predicted molar refractivity (Wildman–Crippen MR) is 321 cm³/mol. The number of allylic oxidation sites excluding steroid dienone is 4.